The summed E-state index contributed by atoms with van der Waals surface area (Å²) in [5.41, 5.74) is 1.68. The van der Waals surface area contributed by atoms with Crippen molar-refractivity contribution in [2.24, 2.45) is 11.3 Å². The third-order valence-electron chi connectivity index (χ3n) is 8.41. The second-order valence-corrected chi connectivity index (χ2v) is 14.6. The minimum Gasteiger partial charge on any atom is -0.495 e. The van der Waals surface area contributed by atoms with Gasteiger partial charge in [-0.05, 0) is 59.9 Å². The highest BCUT2D eigenvalue weighted by molar-refractivity contribution is 6.31. The maximum Gasteiger partial charge on any atom is 0.511 e. The number of carbonyl (C=O) groups is 4. The summed E-state index contributed by atoms with van der Waals surface area (Å²) in [5, 5.41) is 9.46. The number of anilines is 2. The van der Waals surface area contributed by atoms with Crippen LogP contribution in [0, 0.1) is 17.2 Å². The van der Waals surface area contributed by atoms with E-state index in [0.29, 0.717) is 48.1 Å². The molecule has 56 heavy (non-hydrogen) atoms. The quantitative estimate of drug-likeness (QED) is 0.0527. The Kier molecular flexibility index (Phi) is 18.8. The molecule has 16 heteroatoms. The number of methoxy groups -OCH3 is 2. The molecule has 0 spiro atoms. The smallest absolute Gasteiger partial charge is 0.495 e. The Morgan fingerprint density at radius 1 is 0.982 bits per heavy atom. The van der Waals surface area contributed by atoms with E-state index >= 15 is 0 Å². The highest BCUT2D eigenvalue weighted by atomic mass is 35.5. The predicted molar refractivity (Wildman–Crippen MR) is 211 cm³/mol. The maximum absolute atomic E-state index is 14.7. The second kappa shape index (κ2) is 22.9. The van der Waals surface area contributed by atoms with E-state index in [4.69, 9.17) is 51.6 Å². The lowest BCUT2D eigenvalue weighted by Crippen LogP contribution is -2.38. The van der Waals surface area contributed by atoms with Gasteiger partial charge in [-0.1, -0.05) is 69.1 Å². The summed E-state index contributed by atoms with van der Waals surface area (Å²) in [5.74, 6) is -1.77. The van der Waals surface area contributed by atoms with Gasteiger partial charge in [-0.2, -0.15) is 0 Å². The van der Waals surface area contributed by atoms with Crippen molar-refractivity contribution < 1.29 is 52.0 Å². The van der Waals surface area contributed by atoms with Crippen molar-refractivity contribution >= 4 is 59.0 Å². The van der Waals surface area contributed by atoms with Gasteiger partial charge in [-0.15, -0.1) is 0 Å². The molecule has 306 valence electrons. The molecule has 1 saturated heterocycles. The Morgan fingerprint density at radius 3 is 2.38 bits per heavy atom. The van der Waals surface area contributed by atoms with Crippen molar-refractivity contribution in [1.29, 1.82) is 0 Å². The molecule has 4 rings (SSSR count). The van der Waals surface area contributed by atoms with E-state index in [-0.39, 0.29) is 59.3 Å². The molecular formula is C40H50Cl2FN3O10. The first-order valence-corrected chi connectivity index (χ1v) is 18.7. The van der Waals surface area contributed by atoms with Crippen LogP contribution in [0.25, 0.3) is 0 Å². The molecule has 0 radical (unpaired) electrons. The third-order valence-corrected chi connectivity index (χ3v) is 8.93. The van der Waals surface area contributed by atoms with Crippen LogP contribution >= 0.6 is 23.2 Å². The normalized spacial score (nSPS) is 16.8. The first-order chi connectivity index (χ1) is 26.7. The zero-order chi connectivity index (χ0) is 41.3. The molecule has 13 nitrogen and oxygen atoms in total. The molecule has 1 fully saturated rings. The number of ether oxygens (including phenoxy) is 6. The van der Waals surface area contributed by atoms with Gasteiger partial charge in [-0.25, -0.2) is 14.0 Å². The number of carbonyl (C=O) groups excluding carboxylic acids is 4. The van der Waals surface area contributed by atoms with Crippen LogP contribution in [-0.2, 0) is 33.3 Å². The van der Waals surface area contributed by atoms with Crippen LogP contribution in [-0.4, -0.2) is 84.0 Å². The fourth-order valence-corrected chi connectivity index (χ4v) is 6.26. The molecule has 4 unspecified atom stereocenters. The lowest BCUT2D eigenvalue weighted by atomic mass is 9.78. The van der Waals surface area contributed by atoms with Crippen molar-refractivity contribution in [2.45, 2.75) is 58.8 Å². The van der Waals surface area contributed by atoms with Gasteiger partial charge in [-0.3, -0.25) is 9.59 Å². The van der Waals surface area contributed by atoms with E-state index in [9.17, 15) is 23.6 Å². The lowest BCUT2D eigenvalue weighted by molar-refractivity contribution is -0.120. The van der Waals surface area contributed by atoms with Gasteiger partial charge in [0.15, 0.2) is 0 Å². The number of benzene rings is 3. The molecule has 1 aliphatic rings. The molecule has 3 N–H and O–H groups in total. The number of amides is 2. The average Bonchev–Trinajstić information content (AvgIpc) is 3.56. The predicted octanol–water partition coefficient (Wildman–Crippen LogP) is 7.85. The molecule has 0 aliphatic carbocycles. The summed E-state index contributed by atoms with van der Waals surface area (Å²) in [6.07, 6.45) is -0.580. The van der Waals surface area contributed by atoms with Gasteiger partial charge < -0.3 is 44.4 Å². The molecule has 0 saturated carbocycles. The van der Waals surface area contributed by atoms with Gasteiger partial charge in [0, 0.05) is 42.7 Å². The standard InChI is InChI=1S/C22H25Cl2FN2O.C18H25NO9/c1-22(2,3)11-18-19(21(28)27-14-7-4-6-13(23)10-14)16(12-26-18)15-8-5-9-17(24)20(15)25;1-4-16(28-18(22)26-10-9-25-8-7-23-2)27-17(21)13-5-6-14(19-12-20)15(11-13)24-3/h4-10,16,18-19,26H,11-12H2,1-3H3,(H,27,28);5-6,11-12,16H,4,7-10H2,1-3H3,(H,19,20). The lowest BCUT2D eigenvalue weighted by Gasteiger charge is -2.29. The maximum atomic E-state index is 14.7. The van der Waals surface area contributed by atoms with E-state index < -0.39 is 30.1 Å². The molecule has 3 aromatic rings. The summed E-state index contributed by atoms with van der Waals surface area (Å²) < 4.78 is 44.8. The summed E-state index contributed by atoms with van der Waals surface area (Å²) in [6, 6.07) is 16.3. The zero-order valence-electron chi connectivity index (χ0n) is 32.3. The summed E-state index contributed by atoms with van der Waals surface area (Å²) in [7, 11) is 2.95. The van der Waals surface area contributed by atoms with Crippen LogP contribution in [0.2, 0.25) is 10.0 Å². The van der Waals surface area contributed by atoms with Gasteiger partial charge in [0.25, 0.3) is 6.29 Å². The van der Waals surface area contributed by atoms with E-state index in [1.807, 2.05) is 0 Å². The van der Waals surface area contributed by atoms with E-state index in [1.165, 1.54) is 31.4 Å². The molecular weight excluding hydrogens is 772 g/mol. The molecule has 3 aromatic carbocycles. The Hall–Kier alpha value is -4.47. The molecule has 0 bridgehead atoms. The fourth-order valence-electron chi connectivity index (χ4n) is 5.89. The van der Waals surface area contributed by atoms with Crippen LogP contribution in [0.5, 0.6) is 5.75 Å². The van der Waals surface area contributed by atoms with Gasteiger partial charge >= 0.3 is 12.1 Å². The van der Waals surface area contributed by atoms with Crippen LogP contribution in [0.15, 0.2) is 60.7 Å². The molecule has 2 amide bonds. The van der Waals surface area contributed by atoms with E-state index in [0.717, 1.165) is 6.42 Å². The zero-order valence-corrected chi connectivity index (χ0v) is 33.8. The number of halogens is 3. The van der Waals surface area contributed by atoms with Crippen LogP contribution in [0.4, 0.5) is 20.6 Å². The summed E-state index contributed by atoms with van der Waals surface area (Å²) in [4.78, 5) is 47.7. The van der Waals surface area contributed by atoms with Crippen molar-refractivity contribution in [2.75, 3.05) is 57.8 Å². The van der Waals surface area contributed by atoms with Crippen molar-refractivity contribution in [3.63, 3.8) is 0 Å². The highest BCUT2D eigenvalue weighted by Crippen LogP contribution is 2.39. The number of esters is 1. The number of hydrogen-bond acceptors (Lipinski definition) is 11. The minimum atomic E-state index is -1.12. The Morgan fingerprint density at radius 2 is 1.71 bits per heavy atom. The number of hydrogen-bond donors (Lipinski definition) is 3. The first-order valence-electron chi connectivity index (χ1n) is 17.9. The first kappa shape index (κ1) is 45.9. The van der Waals surface area contributed by atoms with Crippen LogP contribution < -0.4 is 20.7 Å². The summed E-state index contributed by atoms with van der Waals surface area (Å²) >= 11 is 12.0. The molecule has 4 atom stereocenters. The van der Waals surface area contributed by atoms with Crippen molar-refractivity contribution in [1.82, 2.24) is 5.32 Å². The van der Waals surface area contributed by atoms with E-state index in [2.05, 4.69) is 36.7 Å². The molecule has 1 aliphatic heterocycles. The average molecular weight is 823 g/mol. The highest BCUT2D eigenvalue weighted by Gasteiger charge is 2.44. The number of rotatable bonds is 17. The van der Waals surface area contributed by atoms with Gasteiger partial charge in [0.05, 0.1) is 49.1 Å². The topological polar surface area (TPSA) is 160 Å². The van der Waals surface area contributed by atoms with Crippen molar-refractivity contribution in [3.8, 4) is 5.75 Å². The fraction of sp³-hybridized carbons (Fsp3) is 0.450. The largest absolute Gasteiger partial charge is 0.511 e. The van der Waals surface area contributed by atoms with E-state index in [1.54, 1.807) is 50.4 Å². The molecule has 0 aromatic heterocycles. The Bertz CT molecular complexity index is 1760. The Labute approximate surface area is 336 Å². The SMILES string of the molecule is CC(C)(C)CC1NCC(c2cccc(Cl)c2F)C1C(=O)Nc1cccc(Cl)c1.CCC(OC(=O)OCCOCCOC)OC(=O)c1ccc(NC=O)c(OC)c1. The van der Waals surface area contributed by atoms with Gasteiger partial charge in [0.1, 0.15) is 18.2 Å². The number of nitrogens with one attached hydrogen (secondary N) is 3. The second-order valence-electron chi connectivity index (χ2n) is 13.8. The monoisotopic (exact) mass is 821 g/mol. The minimum absolute atomic E-state index is 0.00464. The third kappa shape index (κ3) is 14.6. The molecule has 1 heterocycles. The van der Waals surface area contributed by atoms with Crippen LogP contribution in [0.3, 0.4) is 0 Å². The van der Waals surface area contributed by atoms with Gasteiger partial charge in [0.2, 0.25) is 12.3 Å². The van der Waals surface area contributed by atoms with Crippen molar-refractivity contribution in [3.05, 3.63) is 87.7 Å². The summed E-state index contributed by atoms with van der Waals surface area (Å²) in [6.45, 7) is 9.60. The Balaban J connectivity index is 0.000000300. The van der Waals surface area contributed by atoms with Crippen LogP contribution in [0.1, 0.15) is 62.4 Å².